The molecular formula is C15H26N2O2. The molecule has 108 valence electrons. The molecule has 1 saturated heterocycles. The fourth-order valence-electron chi connectivity index (χ4n) is 3.02. The summed E-state index contributed by atoms with van der Waals surface area (Å²) in [5.74, 6) is 0. The molecule has 1 aliphatic heterocycles. The van der Waals surface area contributed by atoms with Gasteiger partial charge in [0.15, 0.2) is 0 Å². The van der Waals surface area contributed by atoms with Crippen LogP contribution in [0.4, 0.5) is 0 Å². The van der Waals surface area contributed by atoms with E-state index < -0.39 is 0 Å². The predicted octanol–water partition coefficient (Wildman–Crippen LogP) is 2.43. The molecular weight excluding hydrogens is 240 g/mol. The Morgan fingerprint density at radius 1 is 1.37 bits per heavy atom. The lowest BCUT2D eigenvalue weighted by molar-refractivity contribution is -0.0327. The van der Waals surface area contributed by atoms with Gasteiger partial charge in [0, 0.05) is 24.2 Å². The summed E-state index contributed by atoms with van der Waals surface area (Å²) in [5.41, 5.74) is 1.32. The molecule has 1 aromatic rings. The van der Waals surface area contributed by atoms with E-state index in [1.807, 2.05) is 6.26 Å². The van der Waals surface area contributed by atoms with Gasteiger partial charge in [0.1, 0.15) is 0 Å². The van der Waals surface area contributed by atoms with E-state index >= 15 is 0 Å². The Morgan fingerprint density at radius 2 is 2.11 bits per heavy atom. The molecule has 19 heavy (non-hydrogen) atoms. The van der Waals surface area contributed by atoms with Gasteiger partial charge < -0.3 is 14.5 Å². The molecule has 2 rings (SSSR count). The number of nitrogens with one attached hydrogen (secondary N) is 1. The van der Waals surface area contributed by atoms with Crippen molar-refractivity contribution in [3.8, 4) is 0 Å². The Balaban J connectivity index is 2.24. The van der Waals surface area contributed by atoms with Gasteiger partial charge in [-0.25, -0.2) is 0 Å². The van der Waals surface area contributed by atoms with Crippen molar-refractivity contribution in [2.45, 2.75) is 38.8 Å². The van der Waals surface area contributed by atoms with E-state index in [-0.39, 0.29) is 5.54 Å². The number of likely N-dealkylation sites (N-methyl/N-ethyl adjacent to an activating group) is 1. The average molecular weight is 266 g/mol. The highest BCUT2D eigenvalue weighted by atomic mass is 16.5. The van der Waals surface area contributed by atoms with E-state index in [0.717, 1.165) is 39.3 Å². The molecule has 0 spiro atoms. The lowest BCUT2D eigenvalue weighted by Gasteiger charge is -2.47. The van der Waals surface area contributed by atoms with E-state index in [1.165, 1.54) is 5.56 Å². The van der Waals surface area contributed by atoms with Crippen LogP contribution in [0, 0.1) is 0 Å². The first-order chi connectivity index (χ1) is 9.22. The van der Waals surface area contributed by atoms with Crippen LogP contribution < -0.4 is 5.32 Å². The molecule has 0 radical (unpaired) electrons. The summed E-state index contributed by atoms with van der Waals surface area (Å²) in [7, 11) is 0. The SMILES string of the molecule is CCNC(c1ccoc1)C(C)(CC)N1CCOCC1. The van der Waals surface area contributed by atoms with E-state index in [9.17, 15) is 0 Å². The molecule has 1 aliphatic rings. The molecule has 1 fully saturated rings. The highest BCUT2D eigenvalue weighted by molar-refractivity contribution is 5.18. The fourth-order valence-corrected chi connectivity index (χ4v) is 3.02. The lowest BCUT2D eigenvalue weighted by atomic mass is 9.83. The monoisotopic (exact) mass is 266 g/mol. The molecule has 2 unspecified atom stereocenters. The van der Waals surface area contributed by atoms with Crippen molar-refractivity contribution in [1.29, 1.82) is 0 Å². The maximum absolute atomic E-state index is 5.49. The van der Waals surface area contributed by atoms with Gasteiger partial charge in [-0.3, -0.25) is 4.90 Å². The minimum Gasteiger partial charge on any atom is -0.472 e. The van der Waals surface area contributed by atoms with Crippen molar-refractivity contribution in [3.05, 3.63) is 24.2 Å². The minimum atomic E-state index is 0.0870. The largest absolute Gasteiger partial charge is 0.472 e. The second kappa shape index (κ2) is 6.55. The van der Waals surface area contributed by atoms with Crippen molar-refractivity contribution in [2.75, 3.05) is 32.8 Å². The standard InChI is InChI=1S/C15H26N2O2/c1-4-15(3,17-7-10-18-11-8-17)14(16-5-2)13-6-9-19-12-13/h6,9,12,14,16H,4-5,7-8,10-11H2,1-3H3. The first-order valence-electron chi connectivity index (χ1n) is 7.30. The van der Waals surface area contributed by atoms with Gasteiger partial charge in [-0.15, -0.1) is 0 Å². The molecule has 4 nitrogen and oxygen atoms in total. The maximum Gasteiger partial charge on any atom is 0.0951 e. The summed E-state index contributed by atoms with van der Waals surface area (Å²) < 4.78 is 10.8. The normalized spacial score (nSPS) is 22.1. The first kappa shape index (κ1) is 14.6. The average Bonchev–Trinajstić information content (AvgIpc) is 2.98. The number of furan rings is 1. The third-order valence-electron chi connectivity index (χ3n) is 4.36. The number of nitrogens with zero attached hydrogens (tertiary/aromatic N) is 1. The summed E-state index contributed by atoms with van der Waals surface area (Å²) in [4.78, 5) is 2.55. The third kappa shape index (κ3) is 3.02. The van der Waals surface area contributed by atoms with Crippen LogP contribution in [0.1, 0.15) is 38.8 Å². The molecule has 0 amide bonds. The Morgan fingerprint density at radius 3 is 2.63 bits per heavy atom. The molecule has 0 saturated carbocycles. The van der Waals surface area contributed by atoms with Crippen LogP contribution in [-0.4, -0.2) is 43.3 Å². The quantitative estimate of drug-likeness (QED) is 0.858. The molecule has 0 bridgehead atoms. The summed E-state index contributed by atoms with van der Waals surface area (Å²) in [6.07, 6.45) is 4.71. The van der Waals surface area contributed by atoms with Gasteiger partial charge in [0.05, 0.1) is 31.8 Å². The van der Waals surface area contributed by atoms with Crippen molar-refractivity contribution >= 4 is 0 Å². The van der Waals surface area contributed by atoms with Gasteiger partial charge in [0.2, 0.25) is 0 Å². The van der Waals surface area contributed by atoms with Crippen LogP contribution in [-0.2, 0) is 4.74 Å². The van der Waals surface area contributed by atoms with Crippen molar-refractivity contribution in [1.82, 2.24) is 10.2 Å². The summed E-state index contributed by atoms with van der Waals surface area (Å²) in [5, 5.41) is 3.63. The van der Waals surface area contributed by atoms with Crippen LogP contribution in [0.15, 0.2) is 23.0 Å². The Hall–Kier alpha value is -0.840. The minimum absolute atomic E-state index is 0.0870. The Kier molecular flexibility index (Phi) is 5.02. The van der Waals surface area contributed by atoms with Gasteiger partial charge in [-0.05, 0) is 26.0 Å². The van der Waals surface area contributed by atoms with E-state index in [1.54, 1.807) is 6.26 Å². The zero-order valence-electron chi connectivity index (χ0n) is 12.3. The van der Waals surface area contributed by atoms with Crippen LogP contribution in [0.3, 0.4) is 0 Å². The predicted molar refractivity (Wildman–Crippen MR) is 76.2 cm³/mol. The van der Waals surface area contributed by atoms with E-state index in [4.69, 9.17) is 9.15 Å². The van der Waals surface area contributed by atoms with Crippen molar-refractivity contribution in [3.63, 3.8) is 0 Å². The molecule has 1 aromatic heterocycles. The molecule has 0 aromatic carbocycles. The molecule has 2 atom stereocenters. The van der Waals surface area contributed by atoms with Gasteiger partial charge in [0.25, 0.3) is 0 Å². The molecule has 1 N–H and O–H groups in total. The van der Waals surface area contributed by atoms with Crippen LogP contribution >= 0.6 is 0 Å². The number of ether oxygens (including phenoxy) is 1. The van der Waals surface area contributed by atoms with Crippen LogP contribution in [0.25, 0.3) is 0 Å². The summed E-state index contributed by atoms with van der Waals surface area (Å²) >= 11 is 0. The second-order valence-electron chi connectivity index (χ2n) is 5.36. The Labute approximate surface area is 116 Å². The zero-order chi connectivity index (χ0) is 13.7. The second-order valence-corrected chi connectivity index (χ2v) is 5.36. The fraction of sp³-hybridized carbons (Fsp3) is 0.733. The highest BCUT2D eigenvalue weighted by Gasteiger charge is 2.39. The summed E-state index contributed by atoms with van der Waals surface area (Å²) in [6.45, 7) is 11.4. The van der Waals surface area contributed by atoms with Crippen LogP contribution in [0.5, 0.6) is 0 Å². The molecule has 0 aliphatic carbocycles. The number of morpholine rings is 1. The lowest BCUT2D eigenvalue weighted by Crippen LogP contribution is -2.57. The Bertz CT molecular complexity index is 360. The van der Waals surface area contributed by atoms with Crippen LogP contribution in [0.2, 0.25) is 0 Å². The third-order valence-corrected chi connectivity index (χ3v) is 4.36. The topological polar surface area (TPSA) is 37.6 Å². The van der Waals surface area contributed by atoms with Gasteiger partial charge in [-0.1, -0.05) is 13.8 Å². The van der Waals surface area contributed by atoms with Crippen molar-refractivity contribution < 1.29 is 9.15 Å². The summed E-state index contributed by atoms with van der Waals surface area (Å²) in [6, 6.07) is 2.36. The first-order valence-corrected chi connectivity index (χ1v) is 7.30. The smallest absolute Gasteiger partial charge is 0.0951 e. The number of hydrogen-bond donors (Lipinski definition) is 1. The van der Waals surface area contributed by atoms with Gasteiger partial charge in [-0.2, -0.15) is 0 Å². The van der Waals surface area contributed by atoms with E-state index in [2.05, 4.69) is 37.1 Å². The van der Waals surface area contributed by atoms with E-state index in [0.29, 0.717) is 6.04 Å². The zero-order valence-corrected chi connectivity index (χ0v) is 12.3. The highest BCUT2D eigenvalue weighted by Crippen LogP contribution is 2.35. The molecule has 4 heteroatoms. The number of rotatable bonds is 6. The van der Waals surface area contributed by atoms with Gasteiger partial charge >= 0.3 is 0 Å². The maximum atomic E-state index is 5.49. The van der Waals surface area contributed by atoms with Crippen molar-refractivity contribution in [2.24, 2.45) is 0 Å². The molecule has 2 heterocycles. The number of hydrogen-bond acceptors (Lipinski definition) is 4.